The Kier molecular flexibility index (Phi) is 4.29. The topological polar surface area (TPSA) is 35.2 Å². The van der Waals surface area contributed by atoms with Crippen LogP contribution in [0.1, 0.15) is 11.1 Å². The molecule has 2 nitrogen and oxygen atoms in total. The highest BCUT2D eigenvalue weighted by atomic mass is 19.1. The van der Waals surface area contributed by atoms with Gasteiger partial charge in [-0.1, -0.05) is 42.5 Å². The van der Waals surface area contributed by atoms with E-state index < -0.39 is 0 Å². The van der Waals surface area contributed by atoms with Gasteiger partial charge in [-0.15, -0.1) is 0 Å². The molecule has 0 spiro atoms. The predicted molar refractivity (Wildman–Crippen MR) is 91.8 cm³/mol. The summed E-state index contributed by atoms with van der Waals surface area (Å²) in [5.41, 5.74) is 9.52. The van der Waals surface area contributed by atoms with Crippen LogP contribution >= 0.6 is 0 Å². The number of nitrogens with two attached hydrogens (primary N) is 1. The van der Waals surface area contributed by atoms with Crippen LogP contribution in [0.4, 0.5) is 10.1 Å². The van der Waals surface area contributed by atoms with Crippen molar-refractivity contribution in [1.82, 2.24) is 0 Å². The summed E-state index contributed by atoms with van der Waals surface area (Å²) in [5.74, 6) is 0.441. The summed E-state index contributed by atoms with van der Waals surface area (Å²) in [5, 5.41) is 0. The number of rotatable bonds is 4. The Morgan fingerprint density at radius 1 is 0.957 bits per heavy atom. The first-order valence-electron chi connectivity index (χ1n) is 7.46. The second-order valence-corrected chi connectivity index (χ2v) is 5.49. The third kappa shape index (κ3) is 3.51. The van der Waals surface area contributed by atoms with E-state index in [1.165, 1.54) is 6.07 Å². The van der Waals surface area contributed by atoms with Crippen molar-refractivity contribution < 1.29 is 9.13 Å². The lowest BCUT2D eigenvalue weighted by Crippen LogP contribution is -1.95. The number of nitrogen functional groups attached to an aromatic ring is 1. The third-order valence-electron chi connectivity index (χ3n) is 3.77. The molecule has 3 rings (SSSR count). The zero-order valence-electron chi connectivity index (χ0n) is 12.9. The summed E-state index contributed by atoms with van der Waals surface area (Å²) in [7, 11) is 0. The van der Waals surface area contributed by atoms with Crippen LogP contribution in [-0.4, -0.2) is 0 Å². The maximum atomic E-state index is 14.1. The van der Waals surface area contributed by atoms with Gasteiger partial charge in [-0.25, -0.2) is 4.39 Å². The van der Waals surface area contributed by atoms with Gasteiger partial charge in [0.05, 0.1) is 0 Å². The number of aryl methyl sites for hydroxylation is 1. The molecule has 0 saturated carbocycles. The van der Waals surface area contributed by atoms with Crippen molar-refractivity contribution in [2.45, 2.75) is 13.5 Å². The van der Waals surface area contributed by atoms with Gasteiger partial charge in [0.15, 0.2) is 0 Å². The zero-order chi connectivity index (χ0) is 16.2. The number of halogens is 1. The molecule has 0 heterocycles. The van der Waals surface area contributed by atoms with E-state index in [-0.39, 0.29) is 5.82 Å². The van der Waals surface area contributed by atoms with Gasteiger partial charge >= 0.3 is 0 Å². The molecule has 2 N–H and O–H groups in total. The van der Waals surface area contributed by atoms with E-state index in [4.69, 9.17) is 10.5 Å². The predicted octanol–water partition coefficient (Wildman–Crippen LogP) is 4.96. The number of benzene rings is 3. The van der Waals surface area contributed by atoms with E-state index >= 15 is 0 Å². The standard InChI is InChI=1S/C20H18FNO/c1-14-11-18(19(21)12-20(14)22)16-7-9-17(10-8-16)23-13-15-5-3-2-4-6-15/h2-12H,13,22H2,1H3. The Morgan fingerprint density at radius 3 is 2.35 bits per heavy atom. The lowest BCUT2D eigenvalue weighted by molar-refractivity contribution is 0.306. The Hall–Kier alpha value is -2.81. The molecule has 3 aromatic rings. The summed E-state index contributed by atoms with van der Waals surface area (Å²) >= 11 is 0. The third-order valence-corrected chi connectivity index (χ3v) is 3.77. The first kappa shape index (κ1) is 15.1. The first-order valence-corrected chi connectivity index (χ1v) is 7.46. The average Bonchev–Trinajstić information content (AvgIpc) is 2.58. The molecular weight excluding hydrogens is 289 g/mol. The maximum Gasteiger partial charge on any atom is 0.133 e. The highest BCUT2D eigenvalue weighted by Crippen LogP contribution is 2.28. The molecule has 3 aromatic carbocycles. The van der Waals surface area contributed by atoms with Crippen LogP contribution in [0, 0.1) is 12.7 Å². The normalized spacial score (nSPS) is 10.5. The molecule has 0 atom stereocenters. The monoisotopic (exact) mass is 307 g/mol. The molecule has 0 bridgehead atoms. The number of ether oxygens (including phenoxy) is 1. The lowest BCUT2D eigenvalue weighted by atomic mass is 10.0. The Balaban J connectivity index is 1.76. The molecule has 0 unspecified atom stereocenters. The van der Waals surface area contributed by atoms with Gasteiger partial charge in [0.1, 0.15) is 18.2 Å². The fourth-order valence-electron chi connectivity index (χ4n) is 2.39. The Morgan fingerprint density at radius 2 is 1.65 bits per heavy atom. The summed E-state index contributed by atoms with van der Waals surface area (Å²) in [6, 6.07) is 20.5. The van der Waals surface area contributed by atoms with Crippen molar-refractivity contribution in [3.05, 3.63) is 83.7 Å². The summed E-state index contributed by atoms with van der Waals surface area (Å²) in [6.45, 7) is 2.38. The van der Waals surface area contributed by atoms with Crippen molar-refractivity contribution in [2.75, 3.05) is 5.73 Å². The van der Waals surface area contributed by atoms with E-state index in [0.717, 1.165) is 22.4 Å². The molecule has 0 saturated heterocycles. The summed E-state index contributed by atoms with van der Waals surface area (Å²) < 4.78 is 19.8. The van der Waals surface area contributed by atoms with Crippen molar-refractivity contribution in [1.29, 1.82) is 0 Å². The van der Waals surface area contributed by atoms with Crippen LogP contribution in [-0.2, 0) is 6.61 Å². The molecule has 23 heavy (non-hydrogen) atoms. The number of hydrogen-bond acceptors (Lipinski definition) is 2. The molecule has 0 aliphatic heterocycles. The SMILES string of the molecule is Cc1cc(-c2ccc(OCc3ccccc3)cc2)c(F)cc1N. The van der Waals surface area contributed by atoms with E-state index in [2.05, 4.69) is 0 Å². The molecule has 0 radical (unpaired) electrons. The van der Waals surface area contributed by atoms with Gasteiger partial charge in [0.25, 0.3) is 0 Å². The van der Waals surface area contributed by atoms with Crippen molar-refractivity contribution in [2.24, 2.45) is 0 Å². The maximum absolute atomic E-state index is 14.1. The van der Waals surface area contributed by atoms with Crippen molar-refractivity contribution >= 4 is 5.69 Å². The second-order valence-electron chi connectivity index (χ2n) is 5.49. The Labute approximate surface area is 135 Å². The van der Waals surface area contributed by atoms with E-state index in [0.29, 0.717) is 17.9 Å². The average molecular weight is 307 g/mol. The Bertz CT molecular complexity index is 798. The summed E-state index contributed by atoms with van der Waals surface area (Å²) in [6.07, 6.45) is 0. The van der Waals surface area contributed by atoms with Crippen LogP contribution in [0.2, 0.25) is 0 Å². The fraction of sp³-hybridized carbons (Fsp3) is 0.100. The van der Waals surface area contributed by atoms with E-state index in [1.807, 2.05) is 61.5 Å². The summed E-state index contributed by atoms with van der Waals surface area (Å²) in [4.78, 5) is 0. The fourth-order valence-corrected chi connectivity index (χ4v) is 2.39. The highest BCUT2D eigenvalue weighted by molar-refractivity contribution is 5.69. The van der Waals surface area contributed by atoms with Crippen LogP contribution in [0.15, 0.2) is 66.7 Å². The van der Waals surface area contributed by atoms with Gasteiger partial charge in [-0.05, 0) is 47.9 Å². The van der Waals surface area contributed by atoms with Crippen molar-refractivity contribution in [3.63, 3.8) is 0 Å². The molecule has 0 aliphatic rings. The highest BCUT2D eigenvalue weighted by Gasteiger charge is 2.08. The van der Waals surface area contributed by atoms with E-state index in [1.54, 1.807) is 6.07 Å². The minimum Gasteiger partial charge on any atom is -0.489 e. The quantitative estimate of drug-likeness (QED) is 0.691. The second kappa shape index (κ2) is 6.53. The molecule has 0 fully saturated rings. The van der Waals surface area contributed by atoms with Crippen LogP contribution in [0.5, 0.6) is 5.75 Å². The lowest BCUT2D eigenvalue weighted by Gasteiger charge is -2.10. The zero-order valence-corrected chi connectivity index (χ0v) is 12.9. The van der Waals surface area contributed by atoms with Gasteiger partial charge in [-0.2, -0.15) is 0 Å². The number of hydrogen-bond donors (Lipinski definition) is 1. The van der Waals surface area contributed by atoms with Crippen LogP contribution in [0.3, 0.4) is 0 Å². The van der Waals surface area contributed by atoms with Gasteiger partial charge in [0, 0.05) is 11.3 Å². The minimum atomic E-state index is -0.314. The first-order chi connectivity index (χ1) is 11.1. The smallest absolute Gasteiger partial charge is 0.133 e. The van der Waals surface area contributed by atoms with E-state index in [9.17, 15) is 4.39 Å². The molecule has 0 aromatic heterocycles. The molecular formula is C20H18FNO. The molecule has 0 amide bonds. The molecule has 3 heteroatoms. The van der Waals surface area contributed by atoms with Crippen molar-refractivity contribution in [3.8, 4) is 16.9 Å². The number of anilines is 1. The largest absolute Gasteiger partial charge is 0.489 e. The van der Waals surface area contributed by atoms with Gasteiger partial charge in [0.2, 0.25) is 0 Å². The molecule has 116 valence electrons. The van der Waals surface area contributed by atoms with Gasteiger partial charge < -0.3 is 10.5 Å². The molecule has 0 aliphatic carbocycles. The van der Waals surface area contributed by atoms with Gasteiger partial charge in [-0.3, -0.25) is 0 Å². The van der Waals surface area contributed by atoms with Crippen LogP contribution in [0.25, 0.3) is 11.1 Å². The van der Waals surface area contributed by atoms with Crippen LogP contribution < -0.4 is 10.5 Å². The minimum absolute atomic E-state index is 0.314.